The Kier molecular flexibility index (Phi) is 5.27. The van der Waals surface area contributed by atoms with Crippen LogP contribution in [0.5, 0.6) is 0 Å². The average Bonchev–Trinajstić information content (AvgIpc) is 2.87. The van der Waals surface area contributed by atoms with Gasteiger partial charge in [0.2, 0.25) is 5.91 Å². The molecular weight excluding hydrogens is 330 g/mol. The zero-order valence-corrected chi connectivity index (χ0v) is 16.2. The van der Waals surface area contributed by atoms with Crippen LogP contribution in [0.15, 0.2) is 12.1 Å². The molecule has 0 bridgehead atoms. The summed E-state index contributed by atoms with van der Waals surface area (Å²) in [6.07, 6.45) is 0.178. The molecule has 1 saturated heterocycles. The van der Waals surface area contributed by atoms with Gasteiger partial charge in [-0.3, -0.25) is 14.5 Å². The SMILES string of the molecule is CNc1cc(C)nc([C@H]2CN(C(=O)Cc3c(C)nn(C)c3C)CCO2)c1. The van der Waals surface area contributed by atoms with Gasteiger partial charge in [-0.05, 0) is 32.9 Å². The van der Waals surface area contributed by atoms with Crippen molar-refractivity contribution < 1.29 is 9.53 Å². The molecule has 0 aliphatic carbocycles. The molecule has 7 nitrogen and oxygen atoms in total. The number of rotatable bonds is 4. The molecule has 1 fully saturated rings. The largest absolute Gasteiger partial charge is 0.388 e. The van der Waals surface area contributed by atoms with Crippen molar-refractivity contribution in [2.45, 2.75) is 33.3 Å². The minimum Gasteiger partial charge on any atom is -0.388 e. The average molecular weight is 357 g/mol. The van der Waals surface area contributed by atoms with Crippen molar-refractivity contribution in [1.82, 2.24) is 19.7 Å². The van der Waals surface area contributed by atoms with E-state index >= 15 is 0 Å². The quantitative estimate of drug-likeness (QED) is 0.905. The molecular formula is C19H27N5O2. The fraction of sp³-hybridized carbons (Fsp3) is 0.526. The van der Waals surface area contributed by atoms with Crippen LogP contribution >= 0.6 is 0 Å². The van der Waals surface area contributed by atoms with Gasteiger partial charge in [0.15, 0.2) is 0 Å². The Morgan fingerprint density at radius 3 is 2.77 bits per heavy atom. The Hall–Kier alpha value is -2.41. The van der Waals surface area contributed by atoms with Crippen LogP contribution in [0.3, 0.4) is 0 Å². The first-order chi connectivity index (χ1) is 12.4. The zero-order valence-electron chi connectivity index (χ0n) is 16.2. The lowest BCUT2D eigenvalue weighted by atomic mass is 10.1. The summed E-state index contributed by atoms with van der Waals surface area (Å²) in [5, 5.41) is 7.55. The summed E-state index contributed by atoms with van der Waals surface area (Å²) in [6, 6.07) is 3.98. The van der Waals surface area contributed by atoms with Crippen LogP contribution in [0, 0.1) is 20.8 Å². The maximum Gasteiger partial charge on any atom is 0.227 e. The van der Waals surface area contributed by atoms with Crippen molar-refractivity contribution in [3.8, 4) is 0 Å². The van der Waals surface area contributed by atoms with Crippen LogP contribution in [0.4, 0.5) is 5.69 Å². The number of nitrogens with zero attached hydrogens (tertiary/aromatic N) is 4. The second kappa shape index (κ2) is 7.45. The van der Waals surface area contributed by atoms with E-state index in [2.05, 4.69) is 15.4 Å². The lowest BCUT2D eigenvalue weighted by molar-refractivity contribution is -0.138. The molecule has 3 rings (SSSR count). The molecule has 26 heavy (non-hydrogen) atoms. The molecule has 3 heterocycles. The van der Waals surface area contributed by atoms with E-state index in [4.69, 9.17) is 4.74 Å². The third-order valence-corrected chi connectivity index (χ3v) is 5.00. The normalized spacial score (nSPS) is 17.4. The second-order valence-corrected chi connectivity index (χ2v) is 6.82. The van der Waals surface area contributed by atoms with E-state index in [-0.39, 0.29) is 12.0 Å². The topological polar surface area (TPSA) is 72.3 Å². The summed E-state index contributed by atoms with van der Waals surface area (Å²) < 4.78 is 7.73. The molecule has 1 N–H and O–H groups in total. The van der Waals surface area contributed by atoms with Gasteiger partial charge in [0.1, 0.15) is 6.10 Å². The molecule has 0 unspecified atom stereocenters. The second-order valence-electron chi connectivity index (χ2n) is 6.82. The number of nitrogens with one attached hydrogen (secondary N) is 1. The number of morpholine rings is 1. The van der Waals surface area contributed by atoms with Crippen LogP contribution in [-0.4, -0.2) is 52.3 Å². The van der Waals surface area contributed by atoms with Gasteiger partial charge in [-0.2, -0.15) is 5.10 Å². The highest BCUT2D eigenvalue weighted by atomic mass is 16.5. The summed E-state index contributed by atoms with van der Waals surface area (Å²) in [7, 11) is 3.79. The minimum atomic E-state index is -0.198. The Balaban J connectivity index is 1.74. The number of carbonyl (C=O) groups excluding carboxylic acids is 1. The minimum absolute atomic E-state index is 0.110. The number of aryl methyl sites for hydroxylation is 3. The predicted molar refractivity (Wildman–Crippen MR) is 100 cm³/mol. The Morgan fingerprint density at radius 1 is 1.35 bits per heavy atom. The maximum absolute atomic E-state index is 12.8. The first kappa shape index (κ1) is 18.4. The third kappa shape index (κ3) is 3.72. The monoisotopic (exact) mass is 357 g/mol. The van der Waals surface area contributed by atoms with Gasteiger partial charge >= 0.3 is 0 Å². The molecule has 2 aromatic heterocycles. The fourth-order valence-electron chi connectivity index (χ4n) is 3.39. The third-order valence-electron chi connectivity index (χ3n) is 5.00. The molecule has 0 radical (unpaired) electrons. The number of amides is 1. The van der Waals surface area contributed by atoms with E-state index in [9.17, 15) is 4.79 Å². The Labute approximate surface area is 154 Å². The van der Waals surface area contributed by atoms with E-state index in [1.807, 2.05) is 56.6 Å². The summed E-state index contributed by atoms with van der Waals surface area (Å²) in [4.78, 5) is 19.3. The molecule has 1 atom stereocenters. The van der Waals surface area contributed by atoms with Crippen molar-refractivity contribution in [2.75, 3.05) is 32.1 Å². The summed E-state index contributed by atoms with van der Waals surface area (Å²) >= 11 is 0. The number of ether oxygens (including phenoxy) is 1. The molecule has 1 aliphatic heterocycles. The van der Waals surface area contributed by atoms with E-state index < -0.39 is 0 Å². The Bertz CT molecular complexity index is 815. The van der Waals surface area contributed by atoms with Gasteiger partial charge in [0.05, 0.1) is 31.0 Å². The highest BCUT2D eigenvalue weighted by molar-refractivity contribution is 5.79. The summed E-state index contributed by atoms with van der Waals surface area (Å²) in [5.41, 5.74) is 5.77. The van der Waals surface area contributed by atoms with Crippen LogP contribution in [-0.2, 0) is 23.0 Å². The lowest BCUT2D eigenvalue weighted by Gasteiger charge is -2.33. The van der Waals surface area contributed by atoms with Gasteiger partial charge < -0.3 is 15.0 Å². The van der Waals surface area contributed by atoms with Crippen LogP contribution in [0.25, 0.3) is 0 Å². The predicted octanol–water partition coefficient (Wildman–Crippen LogP) is 1.92. The van der Waals surface area contributed by atoms with E-state index in [1.54, 1.807) is 0 Å². The van der Waals surface area contributed by atoms with Crippen molar-refractivity contribution in [2.24, 2.45) is 7.05 Å². The van der Waals surface area contributed by atoms with Crippen molar-refractivity contribution >= 4 is 11.6 Å². The number of carbonyl (C=O) groups is 1. The molecule has 1 aliphatic rings. The van der Waals surface area contributed by atoms with Crippen LogP contribution in [0.1, 0.15) is 34.4 Å². The van der Waals surface area contributed by atoms with Gasteiger partial charge in [-0.1, -0.05) is 0 Å². The van der Waals surface area contributed by atoms with Gasteiger partial charge in [0.25, 0.3) is 0 Å². The highest BCUT2D eigenvalue weighted by Crippen LogP contribution is 2.24. The van der Waals surface area contributed by atoms with Crippen molar-refractivity contribution in [3.63, 3.8) is 0 Å². The van der Waals surface area contributed by atoms with Crippen molar-refractivity contribution in [1.29, 1.82) is 0 Å². The number of anilines is 1. The zero-order chi connectivity index (χ0) is 18.8. The standard InChI is InChI=1S/C19H27N5O2/c1-12-8-15(20-4)9-17(21-12)18-11-24(6-7-26-18)19(25)10-16-13(2)22-23(5)14(16)3/h8-9,18H,6-7,10-11H2,1-5H3,(H,20,21)/t18-/m1/s1. The van der Waals surface area contributed by atoms with E-state index in [0.717, 1.165) is 34.0 Å². The molecule has 140 valence electrons. The van der Waals surface area contributed by atoms with Gasteiger partial charge in [-0.15, -0.1) is 0 Å². The molecule has 1 amide bonds. The molecule has 2 aromatic rings. The highest BCUT2D eigenvalue weighted by Gasteiger charge is 2.27. The van der Waals surface area contributed by atoms with E-state index in [0.29, 0.717) is 26.1 Å². The molecule has 0 aromatic carbocycles. The summed E-state index contributed by atoms with van der Waals surface area (Å²) in [5.74, 6) is 0.110. The number of hydrogen-bond acceptors (Lipinski definition) is 5. The van der Waals surface area contributed by atoms with Gasteiger partial charge in [-0.25, -0.2) is 0 Å². The van der Waals surface area contributed by atoms with Crippen molar-refractivity contribution in [3.05, 3.63) is 40.5 Å². The number of pyridine rings is 1. The molecule has 0 spiro atoms. The van der Waals surface area contributed by atoms with Gasteiger partial charge in [0, 0.05) is 43.3 Å². The maximum atomic E-state index is 12.8. The lowest BCUT2D eigenvalue weighted by Crippen LogP contribution is -2.43. The van der Waals surface area contributed by atoms with Crippen LogP contribution < -0.4 is 5.32 Å². The summed E-state index contributed by atoms with van der Waals surface area (Å²) in [6.45, 7) is 7.57. The van der Waals surface area contributed by atoms with Crippen LogP contribution in [0.2, 0.25) is 0 Å². The Morgan fingerprint density at radius 2 is 2.12 bits per heavy atom. The molecule has 7 heteroatoms. The number of hydrogen-bond donors (Lipinski definition) is 1. The fourth-order valence-corrected chi connectivity index (χ4v) is 3.39. The first-order valence-corrected chi connectivity index (χ1v) is 8.93. The number of aromatic nitrogens is 3. The first-order valence-electron chi connectivity index (χ1n) is 8.93. The molecule has 0 saturated carbocycles. The van der Waals surface area contributed by atoms with E-state index in [1.165, 1.54) is 0 Å². The smallest absolute Gasteiger partial charge is 0.227 e.